The Labute approximate surface area is 113 Å². The maximum Gasteiger partial charge on any atom is 0.0246 e. The molecule has 0 aromatic carbocycles. The van der Waals surface area contributed by atoms with Crippen molar-refractivity contribution in [3.63, 3.8) is 0 Å². The van der Waals surface area contributed by atoms with Crippen LogP contribution in [0.2, 0.25) is 0 Å². The molecule has 2 aliphatic rings. The van der Waals surface area contributed by atoms with E-state index in [0.717, 1.165) is 24.3 Å². The molecule has 1 saturated heterocycles. The van der Waals surface area contributed by atoms with Crippen LogP contribution >= 0.6 is 0 Å². The van der Waals surface area contributed by atoms with Gasteiger partial charge in [-0.05, 0) is 37.0 Å². The third kappa shape index (κ3) is 3.71. The van der Waals surface area contributed by atoms with Crippen LogP contribution in [0.5, 0.6) is 0 Å². The topological polar surface area (TPSA) is 29.3 Å². The second-order valence-electron chi connectivity index (χ2n) is 6.95. The van der Waals surface area contributed by atoms with E-state index in [9.17, 15) is 0 Å². The average Bonchev–Trinajstić information content (AvgIpc) is 2.58. The molecule has 2 heteroatoms. The molecule has 2 rings (SSSR count). The third-order valence-electron chi connectivity index (χ3n) is 5.05. The summed E-state index contributed by atoms with van der Waals surface area (Å²) in [4.78, 5) is 2.73. The minimum atomic E-state index is 0.660. The number of rotatable bonds is 3. The van der Waals surface area contributed by atoms with E-state index in [1.807, 2.05) is 0 Å². The number of likely N-dealkylation sites (tertiary alicyclic amines) is 1. The Hall–Kier alpha value is -0.0800. The number of nitrogens with zero attached hydrogens (tertiary/aromatic N) is 1. The van der Waals surface area contributed by atoms with Gasteiger partial charge in [-0.1, -0.05) is 39.5 Å². The Balaban J connectivity index is 1.97. The molecule has 1 aliphatic carbocycles. The summed E-state index contributed by atoms with van der Waals surface area (Å²) in [5.41, 5.74) is 6.13. The smallest absolute Gasteiger partial charge is 0.0246 e. The summed E-state index contributed by atoms with van der Waals surface area (Å²) in [7, 11) is 0. The van der Waals surface area contributed by atoms with Gasteiger partial charge in [0.2, 0.25) is 0 Å². The second-order valence-corrected chi connectivity index (χ2v) is 6.95. The number of nitrogens with two attached hydrogens (primary N) is 1. The lowest BCUT2D eigenvalue weighted by molar-refractivity contribution is 0.0640. The van der Waals surface area contributed by atoms with Crippen molar-refractivity contribution in [3.8, 4) is 0 Å². The Bertz CT molecular complexity index is 223. The second kappa shape index (κ2) is 6.91. The standard InChI is InChI=1S/C16H32N2/c1-13-9-14(2)12-18(11-13)16(10-17)15-7-5-3-4-6-8-15/h13-16H,3-12,17H2,1-2H3. The maximum atomic E-state index is 6.13. The van der Waals surface area contributed by atoms with Crippen LogP contribution in [0.3, 0.4) is 0 Å². The summed E-state index contributed by atoms with van der Waals surface area (Å²) < 4.78 is 0. The van der Waals surface area contributed by atoms with Gasteiger partial charge >= 0.3 is 0 Å². The van der Waals surface area contributed by atoms with E-state index in [0.29, 0.717) is 6.04 Å². The Kier molecular flexibility index (Phi) is 5.50. The van der Waals surface area contributed by atoms with Gasteiger partial charge in [0.25, 0.3) is 0 Å². The fourth-order valence-corrected chi connectivity index (χ4v) is 4.32. The van der Waals surface area contributed by atoms with Crippen LogP contribution in [0, 0.1) is 17.8 Å². The highest BCUT2D eigenvalue weighted by Gasteiger charge is 2.31. The predicted octanol–water partition coefficient (Wildman–Crippen LogP) is 3.26. The molecular formula is C16H32N2. The molecule has 2 N–H and O–H groups in total. The lowest BCUT2D eigenvalue weighted by atomic mass is 9.85. The van der Waals surface area contributed by atoms with Gasteiger partial charge in [-0.2, -0.15) is 0 Å². The van der Waals surface area contributed by atoms with E-state index in [2.05, 4.69) is 18.7 Å². The molecule has 0 aromatic heterocycles. The van der Waals surface area contributed by atoms with Crippen molar-refractivity contribution in [2.75, 3.05) is 19.6 Å². The normalized spacial score (nSPS) is 34.2. The minimum absolute atomic E-state index is 0.660. The van der Waals surface area contributed by atoms with E-state index in [1.54, 1.807) is 0 Å². The highest BCUT2D eigenvalue weighted by molar-refractivity contribution is 4.86. The molecule has 0 bridgehead atoms. The molecule has 106 valence electrons. The first kappa shape index (κ1) is 14.3. The van der Waals surface area contributed by atoms with E-state index in [1.165, 1.54) is 58.0 Å². The van der Waals surface area contributed by atoms with Crippen LogP contribution in [0.1, 0.15) is 58.8 Å². The summed E-state index contributed by atoms with van der Waals surface area (Å²) in [6.45, 7) is 8.24. The van der Waals surface area contributed by atoms with E-state index >= 15 is 0 Å². The van der Waals surface area contributed by atoms with Crippen molar-refractivity contribution in [3.05, 3.63) is 0 Å². The summed E-state index contributed by atoms with van der Waals surface area (Å²) >= 11 is 0. The molecule has 1 heterocycles. The largest absolute Gasteiger partial charge is 0.329 e. The van der Waals surface area contributed by atoms with Gasteiger partial charge in [-0.25, -0.2) is 0 Å². The van der Waals surface area contributed by atoms with Gasteiger partial charge in [0.1, 0.15) is 0 Å². The number of hydrogen-bond donors (Lipinski definition) is 1. The lowest BCUT2D eigenvalue weighted by Crippen LogP contribution is -2.51. The van der Waals surface area contributed by atoms with E-state index < -0.39 is 0 Å². The average molecular weight is 252 g/mol. The number of piperidine rings is 1. The molecule has 0 amide bonds. The molecule has 3 unspecified atom stereocenters. The zero-order valence-electron chi connectivity index (χ0n) is 12.4. The fraction of sp³-hybridized carbons (Fsp3) is 1.00. The predicted molar refractivity (Wildman–Crippen MR) is 78.6 cm³/mol. The quantitative estimate of drug-likeness (QED) is 0.781. The minimum Gasteiger partial charge on any atom is -0.329 e. The molecule has 0 spiro atoms. The van der Waals surface area contributed by atoms with Gasteiger partial charge in [0.05, 0.1) is 0 Å². The SMILES string of the molecule is CC1CC(C)CN(C(CN)C2CCCCCC2)C1. The molecule has 0 aromatic rings. The fourth-order valence-electron chi connectivity index (χ4n) is 4.32. The lowest BCUT2D eigenvalue weighted by Gasteiger charge is -2.43. The van der Waals surface area contributed by atoms with Crippen molar-refractivity contribution in [1.82, 2.24) is 4.90 Å². The molecule has 1 saturated carbocycles. The summed E-state index contributed by atoms with van der Waals surface area (Å²) in [6.07, 6.45) is 9.99. The van der Waals surface area contributed by atoms with Gasteiger partial charge in [0.15, 0.2) is 0 Å². The molecule has 18 heavy (non-hydrogen) atoms. The number of hydrogen-bond acceptors (Lipinski definition) is 2. The molecule has 1 aliphatic heterocycles. The highest BCUT2D eigenvalue weighted by atomic mass is 15.2. The van der Waals surface area contributed by atoms with Crippen molar-refractivity contribution >= 4 is 0 Å². The third-order valence-corrected chi connectivity index (χ3v) is 5.05. The molecule has 2 nitrogen and oxygen atoms in total. The Morgan fingerprint density at radius 2 is 1.56 bits per heavy atom. The van der Waals surface area contributed by atoms with Crippen molar-refractivity contribution in [1.29, 1.82) is 0 Å². The summed E-state index contributed by atoms with van der Waals surface area (Å²) in [6, 6.07) is 0.660. The molecule has 2 fully saturated rings. The Morgan fingerprint density at radius 1 is 1.00 bits per heavy atom. The maximum absolute atomic E-state index is 6.13. The van der Waals surface area contributed by atoms with Gasteiger partial charge in [0, 0.05) is 25.7 Å². The van der Waals surface area contributed by atoms with E-state index in [4.69, 9.17) is 5.73 Å². The van der Waals surface area contributed by atoms with Crippen LogP contribution < -0.4 is 5.73 Å². The molecule has 3 atom stereocenters. The van der Waals surface area contributed by atoms with Crippen LogP contribution in [0.4, 0.5) is 0 Å². The van der Waals surface area contributed by atoms with Crippen LogP contribution in [0.25, 0.3) is 0 Å². The van der Waals surface area contributed by atoms with Crippen LogP contribution in [-0.2, 0) is 0 Å². The van der Waals surface area contributed by atoms with Crippen molar-refractivity contribution in [2.24, 2.45) is 23.5 Å². The first-order valence-electron chi connectivity index (χ1n) is 8.14. The first-order chi connectivity index (χ1) is 8.70. The monoisotopic (exact) mass is 252 g/mol. The van der Waals surface area contributed by atoms with Crippen LogP contribution in [-0.4, -0.2) is 30.6 Å². The van der Waals surface area contributed by atoms with Crippen molar-refractivity contribution in [2.45, 2.75) is 64.8 Å². The molecular weight excluding hydrogens is 220 g/mol. The zero-order chi connectivity index (χ0) is 13.0. The van der Waals surface area contributed by atoms with Gasteiger partial charge < -0.3 is 5.73 Å². The van der Waals surface area contributed by atoms with E-state index in [-0.39, 0.29) is 0 Å². The van der Waals surface area contributed by atoms with Crippen LogP contribution in [0.15, 0.2) is 0 Å². The molecule has 0 radical (unpaired) electrons. The zero-order valence-corrected chi connectivity index (χ0v) is 12.4. The van der Waals surface area contributed by atoms with Gasteiger partial charge in [-0.3, -0.25) is 4.90 Å². The summed E-state index contributed by atoms with van der Waals surface area (Å²) in [5, 5.41) is 0. The highest BCUT2D eigenvalue weighted by Crippen LogP contribution is 2.31. The van der Waals surface area contributed by atoms with Gasteiger partial charge in [-0.15, -0.1) is 0 Å². The first-order valence-corrected chi connectivity index (χ1v) is 8.14. The Morgan fingerprint density at radius 3 is 2.06 bits per heavy atom. The van der Waals surface area contributed by atoms with Crippen molar-refractivity contribution < 1.29 is 0 Å². The summed E-state index contributed by atoms with van der Waals surface area (Å²) in [5.74, 6) is 2.58.